The van der Waals surface area contributed by atoms with Crippen molar-refractivity contribution in [3.05, 3.63) is 35.9 Å². The summed E-state index contributed by atoms with van der Waals surface area (Å²) in [6.07, 6.45) is 3.28. The van der Waals surface area contributed by atoms with Crippen LogP contribution in [0, 0.1) is 0 Å². The third kappa shape index (κ3) is 11.9. The van der Waals surface area contributed by atoms with Crippen LogP contribution in [0.4, 0.5) is 0 Å². The fourth-order valence-corrected chi connectivity index (χ4v) is 1.31. The highest BCUT2D eigenvalue weighted by Crippen LogP contribution is 2.09. The van der Waals surface area contributed by atoms with Crippen LogP contribution in [-0.4, -0.2) is 22.6 Å². The van der Waals surface area contributed by atoms with E-state index >= 15 is 0 Å². The first-order chi connectivity index (χ1) is 10.3. The summed E-state index contributed by atoms with van der Waals surface area (Å²) < 4.78 is 0. The van der Waals surface area contributed by atoms with Crippen molar-refractivity contribution in [1.29, 1.82) is 0 Å². The van der Waals surface area contributed by atoms with Gasteiger partial charge < -0.3 is 5.11 Å². The first kappa shape index (κ1) is 20.1. The Bertz CT molecular complexity index is 434. The maximum Gasteiger partial charge on any atom is 0.373 e. The fourth-order valence-electron chi connectivity index (χ4n) is 1.31. The second kappa shape index (κ2) is 10.8. The van der Waals surface area contributed by atoms with E-state index in [9.17, 15) is 9.59 Å². The van der Waals surface area contributed by atoms with Crippen molar-refractivity contribution in [2.24, 2.45) is 0 Å². The van der Waals surface area contributed by atoms with Crippen molar-refractivity contribution in [1.82, 2.24) is 0 Å². The van der Waals surface area contributed by atoms with Gasteiger partial charge in [0.1, 0.15) is 5.60 Å². The van der Waals surface area contributed by atoms with Crippen LogP contribution < -0.4 is 0 Å². The standard InChI is InChI=1S/C11H14O3.C6H12O2/c1-11(2,3)14-13-10(12)9-7-5-4-6-8-9;1-2-3-4-5-6(7)8/h4-8H,1-3H3;2-5H2,1H3,(H,7,8). The Hall–Kier alpha value is -1.88. The predicted molar refractivity (Wildman–Crippen MR) is 84.5 cm³/mol. The van der Waals surface area contributed by atoms with Gasteiger partial charge in [-0.15, -0.1) is 0 Å². The van der Waals surface area contributed by atoms with Crippen LogP contribution in [0.3, 0.4) is 0 Å². The molecule has 0 radical (unpaired) electrons. The number of hydrogen-bond acceptors (Lipinski definition) is 4. The zero-order valence-corrected chi connectivity index (χ0v) is 13.8. The molecule has 22 heavy (non-hydrogen) atoms. The van der Waals surface area contributed by atoms with E-state index in [-0.39, 0.29) is 0 Å². The lowest BCUT2D eigenvalue weighted by atomic mass is 10.2. The highest BCUT2D eigenvalue weighted by atomic mass is 17.2. The van der Waals surface area contributed by atoms with E-state index in [0.29, 0.717) is 12.0 Å². The minimum Gasteiger partial charge on any atom is -0.481 e. The van der Waals surface area contributed by atoms with Crippen molar-refractivity contribution < 1.29 is 24.5 Å². The van der Waals surface area contributed by atoms with E-state index < -0.39 is 17.5 Å². The largest absolute Gasteiger partial charge is 0.481 e. The Morgan fingerprint density at radius 1 is 1.09 bits per heavy atom. The maximum atomic E-state index is 11.3. The fraction of sp³-hybridized carbons (Fsp3) is 0.529. The third-order valence-corrected chi connectivity index (χ3v) is 2.37. The van der Waals surface area contributed by atoms with Gasteiger partial charge in [-0.05, 0) is 39.3 Å². The van der Waals surface area contributed by atoms with Crippen molar-refractivity contribution in [3.63, 3.8) is 0 Å². The molecule has 1 N–H and O–H groups in total. The van der Waals surface area contributed by atoms with E-state index in [1.807, 2.05) is 26.8 Å². The van der Waals surface area contributed by atoms with Crippen LogP contribution in [0.15, 0.2) is 30.3 Å². The van der Waals surface area contributed by atoms with Crippen molar-refractivity contribution in [3.8, 4) is 0 Å². The molecule has 0 aliphatic heterocycles. The molecule has 1 aromatic carbocycles. The number of carboxylic acids is 1. The molecule has 0 aliphatic carbocycles. The molecule has 1 rings (SSSR count). The highest BCUT2D eigenvalue weighted by molar-refractivity contribution is 5.88. The number of aliphatic carboxylic acids is 1. The first-order valence-electron chi connectivity index (χ1n) is 7.43. The molecule has 0 saturated carbocycles. The van der Waals surface area contributed by atoms with Crippen molar-refractivity contribution in [2.75, 3.05) is 0 Å². The van der Waals surface area contributed by atoms with Gasteiger partial charge in [-0.2, -0.15) is 4.89 Å². The number of rotatable bonds is 6. The average molecular weight is 310 g/mol. The first-order valence-corrected chi connectivity index (χ1v) is 7.43. The van der Waals surface area contributed by atoms with Gasteiger partial charge in [-0.3, -0.25) is 9.68 Å². The normalized spacial score (nSPS) is 10.4. The van der Waals surface area contributed by atoms with Crippen LogP contribution >= 0.6 is 0 Å². The quantitative estimate of drug-likeness (QED) is 0.483. The Labute approximate surface area is 132 Å². The van der Waals surface area contributed by atoms with Crippen LogP contribution in [0.1, 0.15) is 63.7 Å². The number of benzene rings is 1. The van der Waals surface area contributed by atoms with Gasteiger partial charge in [0.15, 0.2) is 0 Å². The molecule has 0 spiro atoms. The van der Waals surface area contributed by atoms with Crippen molar-refractivity contribution in [2.45, 2.75) is 59.0 Å². The molecule has 0 saturated heterocycles. The van der Waals surface area contributed by atoms with E-state index in [4.69, 9.17) is 9.99 Å². The average Bonchev–Trinajstić information content (AvgIpc) is 2.45. The Balaban J connectivity index is 0.000000472. The summed E-state index contributed by atoms with van der Waals surface area (Å²) in [5.41, 5.74) is 0.00140. The summed E-state index contributed by atoms with van der Waals surface area (Å²) in [5.74, 6) is -1.15. The third-order valence-electron chi connectivity index (χ3n) is 2.37. The predicted octanol–water partition coefficient (Wildman–Crippen LogP) is 4.22. The van der Waals surface area contributed by atoms with Gasteiger partial charge in [-0.25, -0.2) is 4.79 Å². The summed E-state index contributed by atoms with van der Waals surface area (Å²) in [6.45, 7) is 7.49. The van der Waals surface area contributed by atoms with Crippen molar-refractivity contribution >= 4 is 11.9 Å². The van der Waals surface area contributed by atoms with E-state index in [1.54, 1.807) is 24.3 Å². The van der Waals surface area contributed by atoms with Gasteiger partial charge in [0.2, 0.25) is 0 Å². The Morgan fingerprint density at radius 2 is 1.68 bits per heavy atom. The Kier molecular flexibility index (Phi) is 9.87. The molecule has 124 valence electrons. The summed E-state index contributed by atoms with van der Waals surface area (Å²) in [7, 11) is 0. The highest BCUT2D eigenvalue weighted by Gasteiger charge is 2.16. The summed E-state index contributed by atoms with van der Waals surface area (Å²) in [5, 5.41) is 8.14. The number of unbranched alkanes of at least 4 members (excludes halogenated alkanes) is 2. The number of carbonyl (C=O) groups excluding carboxylic acids is 1. The van der Waals surface area contributed by atoms with E-state index in [2.05, 4.69) is 11.8 Å². The minimum atomic E-state index is -0.682. The monoisotopic (exact) mass is 310 g/mol. The smallest absolute Gasteiger partial charge is 0.373 e. The zero-order chi connectivity index (χ0) is 17.0. The number of carbonyl (C=O) groups is 2. The molecule has 5 nitrogen and oxygen atoms in total. The van der Waals surface area contributed by atoms with Crippen LogP contribution in [-0.2, 0) is 14.6 Å². The van der Waals surface area contributed by atoms with Crippen LogP contribution in [0.25, 0.3) is 0 Å². The van der Waals surface area contributed by atoms with Gasteiger partial charge >= 0.3 is 11.9 Å². The summed E-state index contributed by atoms with van der Waals surface area (Å²) in [6, 6.07) is 8.73. The lowest BCUT2D eigenvalue weighted by Gasteiger charge is -2.16. The number of carboxylic acid groups (broad SMARTS) is 1. The van der Waals surface area contributed by atoms with E-state index in [1.165, 1.54) is 0 Å². The van der Waals surface area contributed by atoms with Gasteiger partial charge in [-0.1, -0.05) is 38.0 Å². The maximum absolute atomic E-state index is 11.3. The van der Waals surface area contributed by atoms with Gasteiger partial charge in [0.05, 0.1) is 5.56 Å². The van der Waals surface area contributed by atoms with Crippen LogP contribution in [0.2, 0.25) is 0 Å². The van der Waals surface area contributed by atoms with Gasteiger partial charge in [0, 0.05) is 6.42 Å². The molecule has 0 heterocycles. The molecule has 5 heteroatoms. The summed E-state index contributed by atoms with van der Waals surface area (Å²) >= 11 is 0. The molecule has 0 unspecified atom stereocenters. The zero-order valence-electron chi connectivity index (χ0n) is 13.8. The minimum absolute atomic E-state index is 0.327. The lowest BCUT2D eigenvalue weighted by molar-refractivity contribution is -0.301. The van der Waals surface area contributed by atoms with Crippen LogP contribution in [0.5, 0.6) is 0 Å². The van der Waals surface area contributed by atoms with E-state index in [0.717, 1.165) is 19.3 Å². The molecule has 0 fully saturated rings. The molecule has 0 amide bonds. The topological polar surface area (TPSA) is 72.8 Å². The molecule has 0 aliphatic rings. The molecule has 0 atom stereocenters. The molecule has 0 aromatic heterocycles. The Morgan fingerprint density at radius 3 is 2.14 bits per heavy atom. The van der Waals surface area contributed by atoms with Gasteiger partial charge in [0.25, 0.3) is 0 Å². The lowest BCUT2D eigenvalue weighted by Crippen LogP contribution is -2.21. The second-order valence-corrected chi connectivity index (χ2v) is 5.78. The molecule has 1 aromatic rings. The molecular weight excluding hydrogens is 284 g/mol. The second-order valence-electron chi connectivity index (χ2n) is 5.78. The number of hydrogen-bond donors (Lipinski definition) is 1. The molecule has 0 bridgehead atoms. The summed E-state index contributed by atoms with van der Waals surface area (Å²) in [4.78, 5) is 30.8. The molecular formula is C17H26O5. The SMILES string of the molecule is CC(C)(C)OOC(=O)c1ccccc1.CCCCCC(=O)O.